The van der Waals surface area contributed by atoms with Crippen LogP contribution in [0.4, 0.5) is 4.79 Å². The molecule has 0 radical (unpaired) electrons. The van der Waals surface area contributed by atoms with Crippen molar-refractivity contribution in [1.82, 2.24) is 14.8 Å². The third-order valence-corrected chi connectivity index (χ3v) is 6.25. The average Bonchev–Trinajstić information content (AvgIpc) is 3.49. The van der Waals surface area contributed by atoms with Gasteiger partial charge in [0.2, 0.25) is 0 Å². The number of halogens is 1. The van der Waals surface area contributed by atoms with Crippen molar-refractivity contribution in [2.75, 3.05) is 0 Å². The fourth-order valence-corrected chi connectivity index (χ4v) is 4.59. The van der Waals surface area contributed by atoms with Crippen LogP contribution >= 0.6 is 11.6 Å². The Morgan fingerprint density at radius 1 is 1.33 bits per heavy atom. The number of hydrogen-bond acceptors (Lipinski definition) is 5. The molecule has 0 spiro atoms. The average molecular weight is 423 g/mol. The summed E-state index contributed by atoms with van der Waals surface area (Å²) in [4.78, 5) is 16.0. The normalized spacial score (nSPS) is 18.1. The molecule has 1 saturated carbocycles. The van der Waals surface area contributed by atoms with Gasteiger partial charge in [-0.05, 0) is 68.4 Å². The van der Waals surface area contributed by atoms with Crippen molar-refractivity contribution < 1.29 is 14.6 Å². The van der Waals surface area contributed by atoms with Crippen LogP contribution in [0.5, 0.6) is 5.75 Å². The number of pyridine rings is 1. The van der Waals surface area contributed by atoms with E-state index < -0.39 is 6.09 Å². The highest BCUT2D eigenvalue weighted by molar-refractivity contribution is 6.30. The molecule has 0 amide bonds. The second-order valence-corrected chi connectivity index (χ2v) is 8.27. The molecule has 152 valence electrons. The summed E-state index contributed by atoms with van der Waals surface area (Å²) in [5.74, 6) is 0.957. The summed E-state index contributed by atoms with van der Waals surface area (Å²) >= 11 is 6.25. The number of nitrogens with zero attached hydrogens (tertiary/aromatic N) is 4. The van der Waals surface area contributed by atoms with E-state index >= 15 is 0 Å². The van der Waals surface area contributed by atoms with E-state index in [4.69, 9.17) is 16.3 Å². The number of ether oxygens (including phenoxy) is 1. The summed E-state index contributed by atoms with van der Waals surface area (Å²) in [6.07, 6.45) is 3.25. The topological polar surface area (TPSA) is 101 Å². The lowest BCUT2D eigenvalue weighted by Crippen LogP contribution is -2.19. The Kier molecular flexibility index (Phi) is 4.40. The fraction of sp³-hybridized carbons (Fsp3) is 0.364. The molecule has 2 aromatic heterocycles. The first-order chi connectivity index (χ1) is 14.5. The predicted molar refractivity (Wildman–Crippen MR) is 110 cm³/mol. The first kappa shape index (κ1) is 18.9. The Balaban J connectivity index is 1.54. The molecule has 1 aromatic carbocycles. The maximum Gasteiger partial charge on any atom is 0.432 e. The first-order valence-corrected chi connectivity index (χ1v) is 10.4. The Labute approximate surface area is 177 Å². The molecule has 1 fully saturated rings. The van der Waals surface area contributed by atoms with Gasteiger partial charge in [-0.3, -0.25) is 0 Å². The van der Waals surface area contributed by atoms with Crippen molar-refractivity contribution in [2.45, 2.75) is 51.0 Å². The maximum absolute atomic E-state index is 11.6. The van der Waals surface area contributed by atoms with Gasteiger partial charge >= 0.3 is 6.09 Å². The van der Waals surface area contributed by atoms with E-state index in [1.807, 2.05) is 13.0 Å². The molecule has 7 nitrogen and oxygen atoms in total. The minimum Gasteiger partial charge on any atom is -0.484 e. The maximum atomic E-state index is 11.6. The van der Waals surface area contributed by atoms with E-state index in [0.717, 1.165) is 64.7 Å². The van der Waals surface area contributed by atoms with E-state index in [9.17, 15) is 15.2 Å². The number of aromatic nitrogens is 3. The lowest BCUT2D eigenvalue weighted by molar-refractivity contribution is 0.178. The van der Waals surface area contributed by atoms with Gasteiger partial charge < -0.3 is 9.84 Å². The van der Waals surface area contributed by atoms with Crippen LogP contribution in [0.2, 0.25) is 5.15 Å². The highest BCUT2D eigenvalue weighted by atomic mass is 35.5. The summed E-state index contributed by atoms with van der Waals surface area (Å²) in [5, 5.41) is 24.2. The summed E-state index contributed by atoms with van der Waals surface area (Å²) < 4.78 is 7.35. The third kappa shape index (κ3) is 2.99. The summed E-state index contributed by atoms with van der Waals surface area (Å²) in [5.41, 5.74) is 4.49. The molecule has 2 aliphatic rings. The van der Waals surface area contributed by atoms with Gasteiger partial charge in [0.1, 0.15) is 23.1 Å². The van der Waals surface area contributed by atoms with Crippen LogP contribution in [-0.4, -0.2) is 26.0 Å². The smallest absolute Gasteiger partial charge is 0.432 e. The van der Waals surface area contributed by atoms with Gasteiger partial charge in [-0.1, -0.05) is 11.6 Å². The van der Waals surface area contributed by atoms with Crippen LogP contribution in [0.1, 0.15) is 65.8 Å². The number of carboxylic acid groups (broad SMARTS) is 1. The number of hydrogen-bond donors (Lipinski definition) is 1. The standard InChI is InChI=1S/C22H19ClN4O3/c1-11-14-3-2-4-18(20(14)25-21(23)16(11)10-24)30-13-7-8-17-15(9-13)19(12-5-6-12)26-27(17)22(28)29/h7-9,12,18H,2-6H2,1H3,(H,28,29)/t18-/m0/s1. The molecule has 1 N–H and O–H groups in total. The number of nitriles is 1. The van der Waals surface area contributed by atoms with Crippen LogP contribution in [0.3, 0.4) is 0 Å². The number of fused-ring (bicyclic) bond motifs is 2. The lowest BCUT2D eigenvalue weighted by atomic mass is 9.89. The molecule has 0 saturated heterocycles. The molecule has 0 bridgehead atoms. The number of carbonyl (C=O) groups is 1. The minimum atomic E-state index is -1.09. The molecular weight excluding hydrogens is 404 g/mol. The molecule has 1 atom stereocenters. The molecule has 0 unspecified atom stereocenters. The zero-order chi connectivity index (χ0) is 21.0. The quantitative estimate of drug-likeness (QED) is 0.587. The second kappa shape index (κ2) is 6.99. The predicted octanol–water partition coefficient (Wildman–Crippen LogP) is 5.12. The molecule has 8 heteroatoms. The van der Waals surface area contributed by atoms with Crippen LogP contribution in [0.25, 0.3) is 10.9 Å². The van der Waals surface area contributed by atoms with Crippen molar-refractivity contribution in [1.29, 1.82) is 5.26 Å². The van der Waals surface area contributed by atoms with Crippen LogP contribution < -0.4 is 4.74 Å². The molecule has 3 aromatic rings. The van der Waals surface area contributed by atoms with Crippen molar-refractivity contribution in [3.05, 3.63) is 51.4 Å². The van der Waals surface area contributed by atoms with E-state index in [-0.39, 0.29) is 11.3 Å². The van der Waals surface area contributed by atoms with Gasteiger partial charge in [0.15, 0.2) is 0 Å². The zero-order valence-corrected chi connectivity index (χ0v) is 17.1. The van der Waals surface area contributed by atoms with Crippen molar-refractivity contribution >= 4 is 28.6 Å². The van der Waals surface area contributed by atoms with Gasteiger partial charge in [-0.15, -0.1) is 0 Å². The zero-order valence-electron chi connectivity index (χ0n) is 16.4. The van der Waals surface area contributed by atoms with Gasteiger partial charge in [0.25, 0.3) is 0 Å². The SMILES string of the molecule is Cc1c(C#N)c(Cl)nc2c1CCC[C@@H]2Oc1ccc2c(c1)c(C1CC1)nn2C(=O)O. The van der Waals surface area contributed by atoms with Gasteiger partial charge in [-0.25, -0.2) is 9.78 Å². The first-order valence-electron chi connectivity index (χ1n) is 9.99. The molecule has 2 aliphatic carbocycles. The highest BCUT2D eigenvalue weighted by Crippen LogP contribution is 2.44. The van der Waals surface area contributed by atoms with Crippen LogP contribution in [0, 0.1) is 18.3 Å². The van der Waals surface area contributed by atoms with Gasteiger partial charge in [-0.2, -0.15) is 15.0 Å². The van der Waals surface area contributed by atoms with E-state index in [0.29, 0.717) is 22.7 Å². The monoisotopic (exact) mass is 422 g/mol. The second-order valence-electron chi connectivity index (χ2n) is 7.91. The Morgan fingerprint density at radius 2 is 2.13 bits per heavy atom. The van der Waals surface area contributed by atoms with Gasteiger partial charge in [0.05, 0.1) is 22.5 Å². The summed E-state index contributed by atoms with van der Waals surface area (Å²) in [6.45, 7) is 1.90. The van der Waals surface area contributed by atoms with Crippen molar-refractivity contribution in [3.63, 3.8) is 0 Å². The van der Waals surface area contributed by atoms with Crippen molar-refractivity contribution in [2.24, 2.45) is 0 Å². The molecule has 5 rings (SSSR count). The van der Waals surface area contributed by atoms with E-state index in [2.05, 4.69) is 16.2 Å². The molecule has 30 heavy (non-hydrogen) atoms. The fourth-order valence-electron chi connectivity index (χ4n) is 4.32. The van der Waals surface area contributed by atoms with E-state index in [1.54, 1.807) is 12.1 Å². The van der Waals surface area contributed by atoms with Crippen molar-refractivity contribution in [3.8, 4) is 11.8 Å². The van der Waals surface area contributed by atoms with Crippen LogP contribution in [-0.2, 0) is 6.42 Å². The third-order valence-electron chi connectivity index (χ3n) is 5.98. The Hall–Kier alpha value is -3.11. The minimum absolute atomic E-state index is 0.207. The number of benzene rings is 1. The Bertz CT molecular complexity index is 1240. The molecular formula is C22H19ClN4O3. The highest BCUT2D eigenvalue weighted by Gasteiger charge is 2.31. The van der Waals surface area contributed by atoms with Crippen LogP contribution in [0.15, 0.2) is 18.2 Å². The molecule has 0 aliphatic heterocycles. The summed E-state index contributed by atoms with van der Waals surface area (Å²) in [6, 6.07) is 7.53. The molecule has 2 heterocycles. The van der Waals surface area contributed by atoms with E-state index in [1.165, 1.54) is 0 Å². The number of rotatable bonds is 3. The Morgan fingerprint density at radius 3 is 2.83 bits per heavy atom. The summed E-state index contributed by atoms with van der Waals surface area (Å²) in [7, 11) is 0. The largest absolute Gasteiger partial charge is 0.484 e. The van der Waals surface area contributed by atoms with Gasteiger partial charge in [0, 0.05) is 11.3 Å². The lowest BCUT2D eigenvalue weighted by Gasteiger charge is -2.27.